The minimum atomic E-state index is -0.0458. The third-order valence-electron chi connectivity index (χ3n) is 4.57. The number of esters is 1. The Bertz CT molecular complexity index is 661. The Kier molecular flexibility index (Phi) is 5.94. The molecule has 1 saturated heterocycles. The number of hydrogen-bond donors (Lipinski definition) is 0. The standard InChI is InChI=1S/C21H25NO3/c1-2-24-21(23)18-12-14-22(15-13-18)19-10-8-17(9-11-19)16-25-20-6-4-3-5-7-20/h3-11,18H,2,12-16H2,1H3. The van der Waals surface area contributed by atoms with E-state index in [9.17, 15) is 4.79 Å². The third-order valence-corrected chi connectivity index (χ3v) is 4.57. The number of para-hydroxylation sites is 1. The highest BCUT2D eigenvalue weighted by Crippen LogP contribution is 2.24. The van der Waals surface area contributed by atoms with Crippen LogP contribution in [0.2, 0.25) is 0 Å². The lowest BCUT2D eigenvalue weighted by Crippen LogP contribution is -2.36. The van der Waals surface area contributed by atoms with Gasteiger partial charge in [0.25, 0.3) is 0 Å². The van der Waals surface area contributed by atoms with E-state index in [1.807, 2.05) is 37.3 Å². The van der Waals surface area contributed by atoms with Crippen LogP contribution < -0.4 is 9.64 Å². The highest BCUT2D eigenvalue weighted by molar-refractivity contribution is 5.72. The average molecular weight is 339 g/mol. The molecule has 0 N–H and O–H groups in total. The zero-order valence-corrected chi connectivity index (χ0v) is 14.7. The molecule has 1 fully saturated rings. The topological polar surface area (TPSA) is 38.8 Å². The van der Waals surface area contributed by atoms with E-state index in [1.165, 1.54) is 5.69 Å². The normalized spacial score (nSPS) is 15.0. The molecule has 0 bridgehead atoms. The maximum atomic E-state index is 11.8. The van der Waals surface area contributed by atoms with Crippen molar-refractivity contribution in [2.24, 2.45) is 5.92 Å². The number of anilines is 1. The van der Waals surface area contributed by atoms with Crippen LogP contribution in [0.25, 0.3) is 0 Å². The number of benzene rings is 2. The van der Waals surface area contributed by atoms with Crippen LogP contribution in [0, 0.1) is 5.92 Å². The summed E-state index contributed by atoms with van der Waals surface area (Å²) >= 11 is 0. The second kappa shape index (κ2) is 8.56. The molecule has 3 rings (SSSR count). The Balaban J connectivity index is 1.50. The van der Waals surface area contributed by atoms with E-state index >= 15 is 0 Å². The summed E-state index contributed by atoms with van der Waals surface area (Å²) in [6, 6.07) is 18.3. The van der Waals surface area contributed by atoms with Crippen molar-refractivity contribution in [2.45, 2.75) is 26.4 Å². The van der Waals surface area contributed by atoms with E-state index in [4.69, 9.17) is 9.47 Å². The molecule has 1 heterocycles. The number of ether oxygens (including phenoxy) is 2. The fraction of sp³-hybridized carbons (Fsp3) is 0.381. The molecule has 4 nitrogen and oxygen atoms in total. The summed E-state index contributed by atoms with van der Waals surface area (Å²) in [4.78, 5) is 14.2. The van der Waals surface area contributed by atoms with Crippen molar-refractivity contribution in [3.8, 4) is 5.75 Å². The zero-order valence-electron chi connectivity index (χ0n) is 14.7. The van der Waals surface area contributed by atoms with Crippen LogP contribution in [0.3, 0.4) is 0 Å². The summed E-state index contributed by atoms with van der Waals surface area (Å²) in [6.45, 7) is 4.67. The molecule has 0 radical (unpaired) electrons. The molecule has 4 heteroatoms. The second-order valence-corrected chi connectivity index (χ2v) is 6.28. The Morgan fingerprint density at radius 1 is 1.04 bits per heavy atom. The first kappa shape index (κ1) is 17.3. The number of carbonyl (C=O) groups excluding carboxylic acids is 1. The molecule has 25 heavy (non-hydrogen) atoms. The van der Waals surface area contributed by atoms with Crippen LogP contribution in [0.5, 0.6) is 5.75 Å². The highest BCUT2D eigenvalue weighted by atomic mass is 16.5. The molecule has 0 atom stereocenters. The molecule has 0 aliphatic carbocycles. The Hall–Kier alpha value is -2.49. The lowest BCUT2D eigenvalue weighted by Gasteiger charge is -2.32. The number of rotatable bonds is 6. The van der Waals surface area contributed by atoms with E-state index in [-0.39, 0.29) is 11.9 Å². The molecule has 0 aromatic heterocycles. The lowest BCUT2D eigenvalue weighted by atomic mass is 9.96. The number of carbonyl (C=O) groups is 1. The summed E-state index contributed by atoms with van der Waals surface area (Å²) in [7, 11) is 0. The largest absolute Gasteiger partial charge is 0.489 e. The fourth-order valence-corrected chi connectivity index (χ4v) is 3.12. The van der Waals surface area contributed by atoms with Gasteiger partial charge in [-0.15, -0.1) is 0 Å². The molecule has 2 aromatic rings. The molecule has 2 aromatic carbocycles. The lowest BCUT2D eigenvalue weighted by molar-refractivity contribution is -0.148. The van der Waals surface area contributed by atoms with Gasteiger partial charge in [-0.05, 0) is 49.6 Å². The van der Waals surface area contributed by atoms with Gasteiger partial charge in [0.05, 0.1) is 12.5 Å². The van der Waals surface area contributed by atoms with E-state index in [0.29, 0.717) is 13.2 Å². The maximum absolute atomic E-state index is 11.8. The van der Waals surface area contributed by atoms with Crippen LogP contribution >= 0.6 is 0 Å². The molecule has 0 unspecified atom stereocenters. The smallest absolute Gasteiger partial charge is 0.309 e. The fourth-order valence-electron chi connectivity index (χ4n) is 3.12. The molecule has 1 aliphatic heterocycles. The number of nitrogens with zero attached hydrogens (tertiary/aromatic N) is 1. The molecule has 0 saturated carbocycles. The van der Waals surface area contributed by atoms with Gasteiger partial charge in [-0.1, -0.05) is 30.3 Å². The van der Waals surface area contributed by atoms with Crippen molar-refractivity contribution in [2.75, 3.05) is 24.6 Å². The second-order valence-electron chi connectivity index (χ2n) is 6.28. The van der Waals surface area contributed by atoms with Crippen LogP contribution in [-0.4, -0.2) is 25.7 Å². The van der Waals surface area contributed by atoms with Gasteiger partial charge < -0.3 is 14.4 Å². The first-order valence-corrected chi connectivity index (χ1v) is 8.94. The number of piperidine rings is 1. The highest BCUT2D eigenvalue weighted by Gasteiger charge is 2.25. The van der Waals surface area contributed by atoms with Crippen LogP contribution in [0.15, 0.2) is 54.6 Å². The van der Waals surface area contributed by atoms with Crippen molar-refractivity contribution in [1.29, 1.82) is 0 Å². The Morgan fingerprint density at radius 3 is 2.36 bits per heavy atom. The van der Waals surface area contributed by atoms with Crippen LogP contribution in [-0.2, 0) is 16.1 Å². The van der Waals surface area contributed by atoms with Gasteiger partial charge in [0.1, 0.15) is 12.4 Å². The van der Waals surface area contributed by atoms with Gasteiger partial charge in [0.2, 0.25) is 0 Å². The van der Waals surface area contributed by atoms with E-state index in [2.05, 4.69) is 29.2 Å². The van der Waals surface area contributed by atoms with Gasteiger partial charge in [-0.3, -0.25) is 4.79 Å². The molecule has 1 aliphatic rings. The predicted molar refractivity (Wildman–Crippen MR) is 98.8 cm³/mol. The summed E-state index contributed by atoms with van der Waals surface area (Å²) < 4.78 is 10.9. The first-order valence-electron chi connectivity index (χ1n) is 8.94. The van der Waals surface area contributed by atoms with Gasteiger partial charge in [-0.25, -0.2) is 0 Å². The van der Waals surface area contributed by atoms with Crippen molar-refractivity contribution >= 4 is 11.7 Å². The van der Waals surface area contributed by atoms with Gasteiger partial charge in [-0.2, -0.15) is 0 Å². The summed E-state index contributed by atoms with van der Waals surface area (Å²) in [5, 5.41) is 0. The van der Waals surface area contributed by atoms with Crippen molar-refractivity contribution in [1.82, 2.24) is 0 Å². The van der Waals surface area contributed by atoms with E-state index < -0.39 is 0 Å². The van der Waals surface area contributed by atoms with Crippen molar-refractivity contribution in [3.63, 3.8) is 0 Å². The molecular weight excluding hydrogens is 314 g/mol. The maximum Gasteiger partial charge on any atom is 0.309 e. The third kappa shape index (κ3) is 4.75. The van der Waals surface area contributed by atoms with Crippen LogP contribution in [0.4, 0.5) is 5.69 Å². The quantitative estimate of drug-likeness (QED) is 0.745. The van der Waals surface area contributed by atoms with Gasteiger partial charge >= 0.3 is 5.97 Å². The van der Waals surface area contributed by atoms with Crippen LogP contribution in [0.1, 0.15) is 25.3 Å². The van der Waals surface area contributed by atoms with E-state index in [1.54, 1.807) is 0 Å². The summed E-state index contributed by atoms with van der Waals surface area (Å²) in [6.07, 6.45) is 1.72. The molecular formula is C21H25NO3. The average Bonchev–Trinajstić information content (AvgIpc) is 2.68. The Morgan fingerprint density at radius 2 is 1.72 bits per heavy atom. The summed E-state index contributed by atoms with van der Waals surface area (Å²) in [5.41, 5.74) is 2.35. The van der Waals surface area contributed by atoms with Crippen molar-refractivity contribution < 1.29 is 14.3 Å². The monoisotopic (exact) mass is 339 g/mol. The zero-order chi connectivity index (χ0) is 17.5. The number of hydrogen-bond acceptors (Lipinski definition) is 4. The summed E-state index contributed by atoms with van der Waals surface area (Å²) in [5.74, 6) is 0.887. The SMILES string of the molecule is CCOC(=O)C1CCN(c2ccc(COc3ccccc3)cc2)CC1. The molecule has 0 spiro atoms. The van der Waals surface area contributed by atoms with Gasteiger partial charge in [0.15, 0.2) is 0 Å². The minimum absolute atomic E-state index is 0.0458. The van der Waals surface area contributed by atoms with Crippen molar-refractivity contribution in [3.05, 3.63) is 60.2 Å². The molecule has 0 amide bonds. The Labute approximate surface area is 149 Å². The minimum Gasteiger partial charge on any atom is -0.489 e. The predicted octanol–water partition coefficient (Wildman–Crippen LogP) is 4.05. The van der Waals surface area contributed by atoms with Gasteiger partial charge in [0, 0.05) is 18.8 Å². The molecule has 132 valence electrons. The first-order chi connectivity index (χ1) is 12.3. The van der Waals surface area contributed by atoms with E-state index in [0.717, 1.165) is 37.2 Å².